The minimum absolute atomic E-state index is 0.0426. The molecule has 20 heavy (non-hydrogen) atoms. The molecule has 0 saturated heterocycles. The number of hydrogen-bond donors (Lipinski definition) is 3. The van der Waals surface area contributed by atoms with Crippen LogP contribution >= 0.6 is 0 Å². The summed E-state index contributed by atoms with van der Waals surface area (Å²) in [6.07, 6.45) is 1.81. The fourth-order valence-electron chi connectivity index (χ4n) is 1.84. The van der Waals surface area contributed by atoms with Crippen LogP contribution in [0.3, 0.4) is 0 Å². The van der Waals surface area contributed by atoms with Gasteiger partial charge in [-0.2, -0.15) is 4.98 Å². The van der Waals surface area contributed by atoms with Crippen LogP contribution in [-0.2, 0) is 0 Å². The minimum Gasteiger partial charge on any atom is -0.473 e. The van der Waals surface area contributed by atoms with Crippen LogP contribution in [-0.4, -0.2) is 29.3 Å². The van der Waals surface area contributed by atoms with Crippen molar-refractivity contribution in [3.8, 4) is 5.88 Å². The molecule has 0 aliphatic heterocycles. The van der Waals surface area contributed by atoms with Crippen LogP contribution in [0.15, 0.2) is 12.1 Å². The molecule has 1 heterocycles. The normalized spacial score (nSPS) is 11.7. The second-order valence-corrected chi connectivity index (χ2v) is 6.10. The van der Waals surface area contributed by atoms with E-state index in [1.54, 1.807) is 6.07 Å². The number of nitrogens with zero attached hydrogens (tertiary/aromatic N) is 1. The topological polar surface area (TPSA) is 80.4 Å². The van der Waals surface area contributed by atoms with Gasteiger partial charge in [-0.05, 0) is 44.2 Å². The zero-order chi connectivity index (χ0) is 15.2. The van der Waals surface area contributed by atoms with Crippen LogP contribution < -0.4 is 15.8 Å². The van der Waals surface area contributed by atoms with E-state index in [0.29, 0.717) is 11.6 Å². The van der Waals surface area contributed by atoms with Crippen molar-refractivity contribution < 1.29 is 9.84 Å². The molecular weight excluding hydrogens is 254 g/mol. The van der Waals surface area contributed by atoms with E-state index < -0.39 is 0 Å². The molecule has 1 aromatic heterocycles. The molecule has 0 saturated carbocycles. The fraction of sp³-hybridized carbons (Fsp3) is 0.667. The molecule has 0 radical (unpaired) electrons. The van der Waals surface area contributed by atoms with E-state index in [-0.39, 0.29) is 18.1 Å². The molecule has 0 aliphatic rings. The molecule has 1 rings (SSSR count). The number of aliphatic hydroxyl groups excluding tert-OH is 1. The first-order valence-corrected chi connectivity index (χ1v) is 7.12. The molecule has 0 bridgehead atoms. The quantitative estimate of drug-likeness (QED) is 0.682. The zero-order valence-electron chi connectivity index (χ0n) is 12.9. The van der Waals surface area contributed by atoms with Crippen molar-refractivity contribution in [2.45, 2.75) is 46.6 Å². The van der Waals surface area contributed by atoms with Gasteiger partial charge in [-0.25, -0.2) is 0 Å². The van der Waals surface area contributed by atoms with Crippen molar-refractivity contribution in [1.29, 1.82) is 0 Å². The third-order valence-electron chi connectivity index (χ3n) is 3.00. The van der Waals surface area contributed by atoms with Gasteiger partial charge in [-0.15, -0.1) is 0 Å². The zero-order valence-corrected chi connectivity index (χ0v) is 12.9. The third-order valence-corrected chi connectivity index (χ3v) is 3.00. The van der Waals surface area contributed by atoms with Crippen molar-refractivity contribution in [3.05, 3.63) is 12.1 Å². The summed E-state index contributed by atoms with van der Waals surface area (Å²) in [6, 6.07) is 3.65. The number of nitrogen functional groups attached to an aromatic ring is 1. The van der Waals surface area contributed by atoms with Crippen LogP contribution in [0, 0.1) is 5.41 Å². The van der Waals surface area contributed by atoms with Gasteiger partial charge in [0.25, 0.3) is 0 Å². The van der Waals surface area contributed by atoms with Gasteiger partial charge in [-0.1, -0.05) is 13.8 Å². The van der Waals surface area contributed by atoms with Crippen LogP contribution in [0.1, 0.15) is 40.5 Å². The molecule has 5 heteroatoms. The van der Waals surface area contributed by atoms with Gasteiger partial charge < -0.3 is 20.9 Å². The van der Waals surface area contributed by atoms with Crippen molar-refractivity contribution in [1.82, 2.24) is 4.98 Å². The number of ether oxygens (including phenoxy) is 1. The monoisotopic (exact) mass is 281 g/mol. The lowest BCUT2D eigenvalue weighted by atomic mass is 9.88. The van der Waals surface area contributed by atoms with Gasteiger partial charge in [0.2, 0.25) is 5.88 Å². The van der Waals surface area contributed by atoms with Crippen molar-refractivity contribution >= 4 is 11.5 Å². The lowest BCUT2D eigenvalue weighted by Gasteiger charge is -2.25. The average Bonchev–Trinajstić information content (AvgIpc) is 2.37. The van der Waals surface area contributed by atoms with Crippen molar-refractivity contribution in [3.63, 3.8) is 0 Å². The SMILES string of the molecule is CC(C)Oc1nc(NCC(C)(C)CCCO)ccc1N. The highest BCUT2D eigenvalue weighted by Gasteiger charge is 2.17. The molecule has 1 aromatic rings. The van der Waals surface area contributed by atoms with Gasteiger partial charge in [0, 0.05) is 13.2 Å². The van der Waals surface area contributed by atoms with Gasteiger partial charge in [-0.3, -0.25) is 0 Å². The minimum atomic E-state index is 0.0426. The van der Waals surface area contributed by atoms with E-state index in [1.165, 1.54) is 0 Å². The Morgan fingerprint density at radius 3 is 2.70 bits per heavy atom. The maximum Gasteiger partial charge on any atom is 0.239 e. The molecule has 0 spiro atoms. The highest BCUT2D eigenvalue weighted by molar-refractivity contribution is 5.53. The number of rotatable bonds is 8. The van der Waals surface area contributed by atoms with Gasteiger partial charge in [0.05, 0.1) is 11.8 Å². The van der Waals surface area contributed by atoms with E-state index in [0.717, 1.165) is 25.2 Å². The number of pyridine rings is 1. The van der Waals surface area contributed by atoms with Crippen LogP contribution in [0.2, 0.25) is 0 Å². The summed E-state index contributed by atoms with van der Waals surface area (Å²) < 4.78 is 5.57. The van der Waals surface area contributed by atoms with Crippen molar-refractivity contribution in [2.24, 2.45) is 5.41 Å². The smallest absolute Gasteiger partial charge is 0.239 e. The average molecular weight is 281 g/mol. The Labute approximate surface area is 121 Å². The van der Waals surface area contributed by atoms with Crippen molar-refractivity contribution in [2.75, 3.05) is 24.2 Å². The Morgan fingerprint density at radius 1 is 1.40 bits per heavy atom. The second kappa shape index (κ2) is 7.33. The molecule has 0 atom stereocenters. The number of aromatic nitrogens is 1. The first-order chi connectivity index (χ1) is 9.34. The maximum absolute atomic E-state index is 8.90. The van der Waals surface area contributed by atoms with Crippen LogP contribution in [0.4, 0.5) is 11.5 Å². The van der Waals surface area contributed by atoms with E-state index in [1.807, 2.05) is 19.9 Å². The van der Waals surface area contributed by atoms with Gasteiger partial charge >= 0.3 is 0 Å². The Kier molecular flexibility index (Phi) is 6.07. The van der Waals surface area contributed by atoms with E-state index in [2.05, 4.69) is 24.1 Å². The number of aliphatic hydroxyl groups is 1. The second-order valence-electron chi connectivity index (χ2n) is 6.10. The third kappa shape index (κ3) is 5.65. The molecule has 114 valence electrons. The summed E-state index contributed by atoms with van der Waals surface area (Å²) >= 11 is 0. The Morgan fingerprint density at radius 2 is 2.10 bits per heavy atom. The predicted octanol–water partition coefficient (Wildman–Crippen LogP) is 2.66. The largest absolute Gasteiger partial charge is 0.473 e. The first-order valence-electron chi connectivity index (χ1n) is 7.12. The molecule has 5 nitrogen and oxygen atoms in total. The van der Waals surface area contributed by atoms with Crippen LogP contribution in [0.25, 0.3) is 0 Å². The van der Waals surface area contributed by atoms with Gasteiger partial charge in [0.15, 0.2) is 0 Å². The van der Waals surface area contributed by atoms with E-state index >= 15 is 0 Å². The lowest BCUT2D eigenvalue weighted by molar-refractivity contribution is 0.234. The molecule has 0 unspecified atom stereocenters. The van der Waals surface area contributed by atoms with Gasteiger partial charge in [0.1, 0.15) is 5.82 Å². The first kappa shape index (κ1) is 16.6. The number of nitrogens with two attached hydrogens (primary N) is 1. The Balaban J connectivity index is 2.64. The molecule has 0 amide bonds. The standard InChI is InChI=1S/C15H27N3O2/c1-11(2)20-14-12(16)6-7-13(18-14)17-10-15(3,4)8-5-9-19/h6-7,11,19H,5,8-10,16H2,1-4H3,(H,17,18). The Hall–Kier alpha value is -1.49. The van der Waals surface area contributed by atoms with E-state index in [9.17, 15) is 0 Å². The molecular formula is C15H27N3O2. The summed E-state index contributed by atoms with van der Waals surface area (Å²) in [5.41, 5.74) is 6.49. The number of nitrogens with one attached hydrogen (secondary N) is 1. The molecule has 4 N–H and O–H groups in total. The summed E-state index contributed by atoms with van der Waals surface area (Å²) in [5, 5.41) is 12.2. The molecule has 0 fully saturated rings. The highest BCUT2D eigenvalue weighted by atomic mass is 16.5. The summed E-state index contributed by atoms with van der Waals surface area (Å²) in [4.78, 5) is 4.39. The van der Waals surface area contributed by atoms with E-state index in [4.69, 9.17) is 15.6 Å². The molecule has 0 aromatic carbocycles. The molecule has 0 aliphatic carbocycles. The maximum atomic E-state index is 8.90. The highest BCUT2D eigenvalue weighted by Crippen LogP contribution is 2.25. The predicted molar refractivity (Wildman–Crippen MR) is 83.0 cm³/mol. The number of hydrogen-bond acceptors (Lipinski definition) is 5. The summed E-state index contributed by atoms with van der Waals surface area (Å²) in [6.45, 7) is 9.23. The summed E-state index contributed by atoms with van der Waals surface area (Å²) in [5.74, 6) is 1.23. The fourth-order valence-corrected chi connectivity index (χ4v) is 1.84. The number of anilines is 2. The van der Waals surface area contributed by atoms with Crippen LogP contribution in [0.5, 0.6) is 5.88 Å². The lowest BCUT2D eigenvalue weighted by Crippen LogP contribution is -2.24. The Bertz CT molecular complexity index is 420. The summed E-state index contributed by atoms with van der Waals surface area (Å²) in [7, 11) is 0.